The topological polar surface area (TPSA) is 47.9 Å². The van der Waals surface area contributed by atoms with Gasteiger partial charge in [0.2, 0.25) is 5.91 Å². The molecule has 0 fully saturated rings. The number of carbonyl (C=O) groups excluding carboxylic acids is 1. The van der Waals surface area contributed by atoms with E-state index in [2.05, 4.69) is 24.2 Å². The van der Waals surface area contributed by atoms with Crippen LogP contribution in [0.3, 0.4) is 0 Å². The van der Waals surface area contributed by atoms with Gasteiger partial charge in [-0.15, -0.1) is 0 Å². The summed E-state index contributed by atoms with van der Waals surface area (Å²) in [6, 6.07) is 6.38. The number of carbonyl (C=O) groups is 1. The molecular weight excluding hydrogens is 295 g/mol. The van der Waals surface area contributed by atoms with Crippen LogP contribution in [0.25, 0.3) is 0 Å². The highest BCUT2D eigenvalue weighted by molar-refractivity contribution is 5.84. The van der Waals surface area contributed by atoms with Gasteiger partial charge in [-0.2, -0.15) is 0 Å². The maximum Gasteiger partial charge on any atom is 0.243 e. The van der Waals surface area contributed by atoms with E-state index in [0.29, 0.717) is 18.4 Å². The first-order chi connectivity index (χ1) is 10.8. The molecular formula is C17H27FN4O. The lowest BCUT2D eigenvalue weighted by Gasteiger charge is -2.23. The zero-order chi connectivity index (χ0) is 17.4. The number of halogens is 1. The van der Waals surface area contributed by atoms with Crippen molar-refractivity contribution in [2.45, 2.75) is 20.4 Å². The highest BCUT2D eigenvalue weighted by Crippen LogP contribution is 2.06. The van der Waals surface area contributed by atoms with Crippen molar-refractivity contribution in [3.05, 3.63) is 35.6 Å². The maximum absolute atomic E-state index is 13.0. The second kappa shape index (κ2) is 9.12. The Kier molecular flexibility index (Phi) is 7.51. The molecule has 0 bridgehead atoms. The smallest absolute Gasteiger partial charge is 0.243 e. The molecule has 0 aliphatic heterocycles. The standard InChI is InChI=1S/C17H27FN4O/c1-13(2)10-19-17(20-11-16(23)21(3)4)22(5)12-14-6-8-15(18)9-7-14/h6-9,13H,10-12H2,1-5H3,(H,19,20). The molecule has 0 unspecified atom stereocenters. The highest BCUT2D eigenvalue weighted by Gasteiger charge is 2.10. The van der Waals surface area contributed by atoms with E-state index in [1.165, 1.54) is 17.0 Å². The lowest BCUT2D eigenvalue weighted by Crippen LogP contribution is -2.41. The molecule has 6 heteroatoms. The normalized spacial score (nSPS) is 11.5. The Balaban J connectivity index is 2.78. The molecule has 0 aliphatic carbocycles. The number of nitrogens with zero attached hydrogens (tertiary/aromatic N) is 3. The fourth-order valence-corrected chi connectivity index (χ4v) is 1.83. The minimum atomic E-state index is -0.250. The lowest BCUT2D eigenvalue weighted by atomic mass is 10.2. The average Bonchev–Trinajstić information content (AvgIpc) is 2.48. The number of amides is 1. The van der Waals surface area contributed by atoms with Gasteiger partial charge in [-0.05, 0) is 23.6 Å². The summed E-state index contributed by atoms with van der Waals surface area (Å²) in [4.78, 5) is 19.6. The number of hydrogen-bond acceptors (Lipinski definition) is 2. The number of rotatable bonds is 6. The second-order valence-corrected chi connectivity index (χ2v) is 6.19. The SMILES string of the molecule is CC(C)CNC(=NCC(=O)N(C)C)N(C)Cc1ccc(F)cc1. The van der Waals surface area contributed by atoms with Crippen molar-refractivity contribution in [2.75, 3.05) is 34.2 Å². The van der Waals surface area contributed by atoms with Crippen molar-refractivity contribution in [1.82, 2.24) is 15.1 Å². The van der Waals surface area contributed by atoms with Gasteiger partial charge in [-0.1, -0.05) is 26.0 Å². The summed E-state index contributed by atoms with van der Waals surface area (Å²) in [7, 11) is 5.32. The first kappa shape index (κ1) is 18.9. The third kappa shape index (κ3) is 7.13. The number of nitrogens with one attached hydrogen (secondary N) is 1. The quantitative estimate of drug-likeness (QED) is 0.643. The van der Waals surface area contributed by atoms with E-state index in [1.807, 2.05) is 11.9 Å². The Labute approximate surface area is 138 Å². The van der Waals surface area contributed by atoms with Crippen LogP contribution in [0, 0.1) is 11.7 Å². The summed E-state index contributed by atoms with van der Waals surface area (Å²) in [5.41, 5.74) is 0.979. The largest absolute Gasteiger partial charge is 0.356 e. The summed E-state index contributed by atoms with van der Waals surface area (Å²) in [6.45, 7) is 5.66. The Hall–Kier alpha value is -2.11. The van der Waals surface area contributed by atoms with Crippen LogP contribution < -0.4 is 5.32 Å². The van der Waals surface area contributed by atoms with Gasteiger partial charge in [-0.25, -0.2) is 9.38 Å². The Morgan fingerprint density at radius 1 is 1.22 bits per heavy atom. The van der Waals surface area contributed by atoms with Gasteiger partial charge in [0.1, 0.15) is 12.4 Å². The summed E-state index contributed by atoms with van der Waals surface area (Å²) in [6.07, 6.45) is 0. The lowest BCUT2D eigenvalue weighted by molar-refractivity contribution is -0.127. The predicted octanol–water partition coefficient (Wildman–Crippen LogP) is 1.95. The van der Waals surface area contributed by atoms with Gasteiger partial charge in [-0.3, -0.25) is 4.79 Å². The average molecular weight is 322 g/mol. The van der Waals surface area contributed by atoms with Crippen molar-refractivity contribution < 1.29 is 9.18 Å². The monoisotopic (exact) mass is 322 g/mol. The van der Waals surface area contributed by atoms with Gasteiger partial charge < -0.3 is 15.1 Å². The fraction of sp³-hybridized carbons (Fsp3) is 0.529. The van der Waals surface area contributed by atoms with Crippen LogP contribution in [0.4, 0.5) is 4.39 Å². The van der Waals surface area contributed by atoms with Crippen LogP contribution in [0.1, 0.15) is 19.4 Å². The molecule has 0 radical (unpaired) electrons. The first-order valence-electron chi connectivity index (χ1n) is 7.73. The molecule has 0 atom stereocenters. The van der Waals surface area contributed by atoms with Crippen LogP contribution >= 0.6 is 0 Å². The number of hydrogen-bond donors (Lipinski definition) is 1. The van der Waals surface area contributed by atoms with E-state index < -0.39 is 0 Å². The molecule has 0 spiro atoms. The molecule has 0 saturated heterocycles. The Bertz CT molecular complexity index is 526. The minimum Gasteiger partial charge on any atom is -0.356 e. The van der Waals surface area contributed by atoms with E-state index in [9.17, 15) is 9.18 Å². The third-order valence-electron chi connectivity index (χ3n) is 3.23. The molecule has 1 aromatic carbocycles. The fourth-order valence-electron chi connectivity index (χ4n) is 1.83. The van der Waals surface area contributed by atoms with E-state index in [-0.39, 0.29) is 18.3 Å². The van der Waals surface area contributed by atoms with Crippen LogP contribution in [0.5, 0.6) is 0 Å². The van der Waals surface area contributed by atoms with E-state index in [0.717, 1.165) is 12.1 Å². The molecule has 0 aromatic heterocycles. The number of benzene rings is 1. The van der Waals surface area contributed by atoms with Gasteiger partial charge in [0.15, 0.2) is 5.96 Å². The molecule has 1 rings (SSSR count). The maximum atomic E-state index is 13.0. The summed E-state index contributed by atoms with van der Waals surface area (Å²) in [5, 5.41) is 3.28. The van der Waals surface area contributed by atoms with Crippen molar-refractivity contribution in [3.63, 3.8) is 0 Å². The Morgan fingerprint density at radius 3 is 2.35 bits per heavy atom. The van der Waals surface area contributed by atoms with Crippen LogP contribution in [-0.4, -0.2) is 55.9 Å². The van der Waals surface area contributed by atoms with Gasteiger partial charge in [0.25, 0.3) is 0 Å². The first-order valence-corrected chi connectivity index (χ1v) is 7.73. The summed E-state index contributed by atoms with van der Waals surface area (Å²) in [5.74, 6) is 0.825. The van der Waals surface area contributed by atoms with Crippen molar-refractivity contribution >= 4 is 11.9 Å². The molecule has 0 aliphatic rings. The highest BCUT2D eigenvalue weighted by atomic mass is 19.1. The number of likely N-dealkylation sites (N-methyl/N-ethyl adjacent to an activating group) is 1. The predicted molar refractivity (Wildman–Crippen MR) is 91.7 cm³/mol. The minimum absolute atomic E-state index is 0.0518. The molecule has 0 saturated carbocycles. The van der Waals surface area contributed by atoms with Crippen LogP contribution in [-0.2, 0) is 11.3 Å². The molecule has 1 amide bonds. The zero-order valence-corrected chi connectivity index (χ0v) is 14.6. The van der Waals surface area contributed by atoms with Gasteiger partial charge in [0, 0.05) is 34.2 Å². The number of guanidine groups is 1. The zero-order valence-electron chi connectivity index (χ0n) is 14.6. The van der Waals surface area contributed by atoms with E-state index in [4.69, 9.17) is 0 Å². The molecule has 1 aromatic rings. The number of aliphatic imine (C=N–C) groups is 1. The summed E-state index contributed by atoms with van der Waals surface area (Å²) < 4.78 is 13.0. The molecule has 5 nitrogen and oxygen atoms in total. The van der Waals surface area contributed by atoms with Crippen LogP contribution in [0.2, 0.25) is 0 Å². The van der Waals surface area contributed by atoms with E-state index in [1.54, 1.807) is 26.2 Å². The van der Waals surface area contributed by atoms with Crippen molar-refractivity contribution in [2.24, 2.45) is 10.9 Å². The van der Waals surface area contributed by atoms with Crippen LogP contribution in [0.15, 0.2) is 29.3 Å². The molecule has 0 heterocycles. The molecule has 23 heavy (non-hydrogen) atoms. The summed E-state index contributed by atoms with van der Waals surface area (Å²) >= 11 is 0. The van der Waals surface area contributed by atoms with Gasteiger partial charge in [0.05, 0.1) is 0 Å². The molecule has 1 N–H and O–H groups in total. The molecule has 128 valence electrons. The third-order valence-corrected chi connectivity index (χ3v) is 3.23. The Morgan fingerprint density at radius 2 is 1.83 bits per heavy atom. The van der Waals surface area contributed by atoms with E-state index >= 15 is 0 Å². The van der Waals surface area contributed by atoms with Gasteiger partial charge >= 0.3 is 0 Å². The second-order valence-electron chi connectivity index (χ2n) is 6.19. The van der Waals surface area contributed by atoms with Crippen molar-refractivity contribution in [1.29, 1.82) is 0 Å². The van der Waals surface area contributed by atoms with Crippen molar-refractivity contribution in [3.8, 4) is 0 Å².